The number of hydrogen-bond donors (Lipinski definition) is 1. The van der Waals surface area contributed by atoms with E-state index < -0.39 is 0 Å². The highest BCUT2D eigenvalue weighted by atomic mass is 35.5. The van der Waals surface area contributed by atoms with Gasteiger partial charge < -0.3 is 5.32 Å². The minimum atomic E-state index is -0.150. The first-order valence-electron chi connectivity index (χ1n) is 4.78. The van der Waals surface area contributed by atoms with E-state index >= 15 is 0 Å². The van der Waals surface area contributed by atoms with Crippen molar-refractivity contribution in [3.8, 4) is 0 Å². The Bertz CT molecular complexity index is 308. The molecule has 1 aromatic rings. The molecule has 0 fully saturated rings. The van der Waals surface area contributed by atoms with E-state index in [0.717, 1.165) is 11.5 Å². The molecule has 14 heavy (non-hydrogen) atoms. The van der Waals surface area contributed by atoms with Crippen molar-refractivity contribution >= 4 is 17.4 Å². The zero-order chi connectivity index (χ0) is 10.8. The summed E-state index contributed by atoms with van der Waals surface area (Å²) in [5.41, 5.74) is 0.857. The number of aromatic nitrogens is 1. The third kappa shape index (κ3) is 2.88. The number of nitrogens with one attached hydrogen (secondary N) is 1. The SMILES string of the molecule is Cc1cccc(NC(C)(C)C(C)Cl)n1. The Balaban J connectivity index is 2.78. The molecule has 0 bridgehead atoms. The molecule has 1 atom stereocenters. The normalized spacial score (nSPS) is 13.8. The summed E-state index contributed by atoms with van der Waals surface area (Å²) in [6, 6.07) is 5.91. The van der Waals surface area contributed by atoms with Crippen molar-refractivity contribution in [1.29, 1.82) is 0 Å². The van der Waals surface area contributed by atoms with Crippen molar-refractivity contribution in [1.82, 2.24) is 4.98 Å². The van der Waals surface area contributed by atoms with Crippen LogP contribution in [0.2, 0.25) is 0 Å². The number of alkyl halides is 1. The average Bonchev–Trinajstić information content (AvgIpc) is 2.02. The van der Waals surface area contributed by atoms with Crippen molar-refractivity contribution in [2.24, 2.45) is 0 Å². The van der Waals surface area contributed by atoms with E-state index in [1.165, 1.54) is 0 Å². The van der Waals surface area contributed by atoms with E-state index in [1.807, 2.05) is 32.0 Å². The minimum Gasteiger partial charge on any atom is -0.364 e. The van der Waals surface area contributed by atoms with Gasteiger partial charge in [-0.1, -0.05) is 6.07 Å². The summed E-state index contributed by atoms with van der Waals surface area (Å²) < 4.78 is 0. The highest BCUT2D eigenvalue weighted by Gasteiger charge is 2.23. The lowest BCUT2D eigenvalue weighted by Crippen LogP contribution is -2.39. The largest absolute Gasteiger partial charge is 0.364 e. The van der Waals surface area contributed by atoms with Gasteiger partial charge in [0.05, 0.1) is 5.38 Å². The molecule has 78 valence electrons. The van der Waals surface area contributed by atoms with Gasteiger partial charge >= 0.3 is 0 Å². The second kappa shape index (κ2) is 4.18. The first-order valence-corrected chi connectivity index (χ1v) is 5.21. The molecule has 1 unspecified atom stereocenters. The lowest BCUT2D eigenvalue weighted by Gasteiger charge is -2.29. The molecule has 0 amide bonds. The Hall–Kier alpha value is -0.760. The molecule has 0 spiro atoms. The monoisotopic (exact) mass is 212 g/mol. The van der Waals surface area contributed by atoms with Crippen molar-refractivity contribution in [2.75, 3.05) is 5.32 Å². The lowest BCUT2D eigenvalue weighted by molar-refractivity contribution is 0.552. The third-order valence-electron chi connectivity index (χ3n) is 2.33. The van der Waals surface area contributed by atoms with Crippen LogP contribution in [0, 0.1) is 6.92 Å². The van der Waals surface area contributed by atoms with Crippen LogP contribution in [0.15, 0.2) is 18.2 Å². The van der Waals surface area contributed by atoms with Crippen LogP contribution in [0.3, 0.4) is 0 Å². The number of nitrogens with zero attached hydrogens (tertiary/aromatic N) is 1. The summed E-state index contributed by atoms with van der Waals surface area (Å²) >= 11 is 6.07. The van der Waals surface area contributed by atoms with Crippen molar-refractivity contribution in [2.45, 2.75) is 38.6 Å². The number of anilines is 1. The summed E-state index contributed by atoms with van der Waals surface area (Å²) in [5.74, 6) is 0.877. The van der Waals surface area contributed by atoms with Gasteiger partial charge in [0.1, 0.15) is 5.82 Å². The zero-order valence-electron chi connectivity index (χ0n) is 9.13. The fourth-order valence-electron chi connectivity index (χ4n) is 1.04. The van der Waals surface area contributed by atoms with Gasteiger partial charge in [0.25, 0.3) is 0 Å². The first-order chi connectivity index (χ1) is 6.42. The van der Waals surface area contributed by atoms with E-state index in [1.54, 1.807) is 0 Å². The zero-order valence-corrected chi connectivity index (χ0v) is 9.89. The standard InChI is InChI=1S/C11H17ClN2/c1-8-6-5-7-10(13-8)14-11(3,4)9(2)12/h5-7,9H,1-4H3,(H,13,14). The highest BCUT2D eigenvalue weighted by molar-refractivity contribution is 6.21. The van der Waals surface area contributed by atoms with Crippen LogP contribution in [-0.2, 0) is 0 Å². The van der Waals surface area contributed by atoms with E-state index in [2.05, 4.69) is 24.1 Å². The summed E-state index contributed by atoms with van der Waals surface area (Å²) in [7, 11) is 0. The Morgan fingerprint density at radius 3 is 2.57 bits per heavy atom. The van der Waals surface area contributed by atoms with Crippen LogP contribution >= 0.6 is 11.6 Å². The predicted octanol–water partition coefficient (Wildman–Crippen LogP) is 3.21. The molecule has 0 aliphatic heterocycles. The number of hydrogen-bond acceptors (Lipinski definition) is 2. The molecule has 1 heterocycles. The smallest absolute Gasteiger partial charge is 0.126 e. The van der Waals surface area contributed by atoms with Crippen LogP contribution in [0.5, 0.6) is 0 Å². The maximum atomic E-state index is 6.07. The number of halogens is 1. The topological polar surface area (TPSA) is 24.9 Å². The summed E-state index contributed by atoms with van der Waals surface area (Å²) in [6.07, 6.45) is 0. The van der Waals surface area contributed by atoms with Crippen LogP contribution < -0.4 is 5.32 Å². The molecule has 0 radical (unpaired) electrons. The quantitative estimate of drug-likeness (QED) is 0.779. The summed E-state index contributed by atoms with van der Waals surface area (Å²) in [6.45, 7) is 8.08. The molecular formula is C11H17ClN2. The Labute approximate surface area is 90.7 Å². The van der Waals surface area contributed by atoms with Crippen LogP contribution in [0.25, 0.3) is 0 Å². The van der Waals surface area contributed by atoms with E-state index in [4.69, 9.17) is 11.6 Å². The molecular weight excluding hydrogens is 196 g/mol. The fraction of sp³-hybridized carbons (Fsp3) is 0.545. The molecule has 1 aromatic heterocycles. The van der Waals surface area contributed by atoms with Gasteiger partial charge in [0.2, 0.25) is 0 Å². The highest BCUT2D eigenvalue weighted by Crippen LogP contribution is 2.20. The summed E-state index contributed by atoms with van der Waals surface area (Å²) in [5, 5.41) is 3.36. The molecule has 2 nitrogen and oxygen atoms in total. The van der Waals surface area contributed by atoms with Crippen molar-refractivity contribution in [3.05, 3.63) is 23.9 Å². The maximum absolute atomic E-state index is 6.07. The first kappa shape index (κ1) is 11.3. The Morgan fingerprint density at radius 2 is 2.07 bits per heavy atom. The third-order valence-corrected chi connectivity index (χ3v) is 2.88. The molecule has 0 aromatic carbocycles. The Kier molecular flexibility index (Phi) is 3.38. The molecule has 0 aliphatic carbocycles. The van der Waals surface area contributed by atoms with E-state index in [9.17, 15) is 0 Å². The van der Waals surface area contributed by atoms with Gasteiger partial charge in [-0.15, -0.1) is 11.6 Å². The molecule has 0 saturated carbocycles. The molecule has 1 N–H and O–H groups in total. The maximum Gasteiger partial charge on any atom is 0.126 e. The number of rotatable bonds is 3. The van der Waals surface area contributed by atoms with Gasteiger partial charge in [-0.25, -0.2) is 4.98 Å². The van der Waals surface area contributed by atoms with Crippen LogP contribution in [0.4, 0.5) is 5.82 Å². The van der Waals surface area contributed by atoms with Gasteiger partial charge in [-0.05, 0) is 39.8 Å². The van der Waals surface area contributed by atoms with Crippen LogP contribution in [-0.4, -0.2) is 15.9 Å². The molecule has 0 aliphatic rings. The van der Waals surface area contributed by atoms with Crippen LogP contribution in [0.1, 0.15) is 26.5 Å². The predicted molar refractivity (Wildman–Crippen MR) is 62.0 cm³/mol. The van der Waals surface area contributed by atoms with E-state index in [-0.39, 0.29) is 10.9 Å². The fourth-order valence-corrected chi connectivity index (χ4v) is 1.10. The molecule has 3 heteroatoms. The second-order valence-electron chi connectivity index (χ2n) is 4.13. The Morgan fingerprint density at radius 1 is 1.43 bits per heavy atom. The van der Waals surface area contributed by atoms with E-state index in [0.29, 0.717) is 0 Å². The minimum absolute atomic E-state index is 0.0461. The van der Waals surface area contributed by atoms with Gasteiger partial charge in [-0.2, -0.15) is 0 Å². The van der Waals surface area contributed by atoms with Crippen molar-refractivity contribution < 1.29 is 0 Å². The average molecular weight is 213 g/mol. The number of pyridine rings is 1. The van der Waals surface area contributed by atoms with Crippen molar-refractivity contribution in [3.63, 3.8) is 0 Å². The van der Waals surface area contributed by atoms with Gasteiger partial charge in [-0.3, -0.25) is 0 Å². The number of aryl methyl sites for hydroxylation is 1. The van der Waals surface area contributed by atoms with Gasteiger partial charge in [0.15, 0.2) is 0 Å². The van der Waals surface area contributed by atoms with Gasteiger partial charge in [0, 0.05) is 11.2 Å². The lowest BCUT2D eigenvalue weighted by atomic mass is 10.0. The second-order valence-corrected chi connectivity index (χ2v) is 4.78. The molecule has 0 saturated heterocycles. The summed E-state index contributed by atoms with van der Waals surface area (Å²) in [4.78, 5) is 4.37. The molecule has 1 rings (SSSR count).